The molecule has 0 fully saturated rings. The van der Waals surface area contributed by atoms with Crippen molar-refractivity contribution in [3.63, 3.8) is 0 Å². The van der Waals surface area contributed by atoms with Gasteiger partial charge in [-0.25, -0.2) is 0 Å². The first-order valence-electron chi connectivity index (χ1n) is 6.52. The summed E-state index contributed by atoms with van der Waals surface area (Å²) in [6.07, 6.45) is 0. The first-order valence-corrected chi connectivity index (χ1v) is 8.06. The first-order chi connectivity index (χ1) is 8.85. The standard InChI is InChI=1S/C15H23O3P/c1-7-17-19(16,18-8-2)14(6)15-12(4)9-11(3)10-13(15)5/h9-10H,6-8H2,1-5H3. The normalized spacial score (nSPS) is 11.6. The van der Waals surface area contributed by atoms with Gasteiger partial charge in [0.15, 0.2) is 0 Å². The summed E-state index contributed by atoms with van der Waals surface area (Å²) < 4.78 is 23.5. The molecule has 0 spiro atoms. The summed E-state index contributed by atoms with van der Waals surface area (Å²) in [5.74, 6) is 0. The van der Waals surface area contributed by atoms with Crippen LogP contribution in [0.3, 0.4) is 0 Å². The Bertz CT molecular complexity index is 487. The maximum absolute atomic E-state index is 12.8. The van der Waals surface area contributed by atoms with E-state index in [9.17, 15) is 4.57 Å². The molecule has 0 aliphatic carbocycles. The van der Waals surface area contributed by atoms with E-state index in [4.69, 9.17) is 9.05 Å². The third kappa shape index (κ3) is 3.56. The lowest BCUT2D eigenvalue weighted by molar-refractivity contribution is 0.230. The minimum absolute atomic E-state index is 0.334. The zero-order chi connectivity index (χ0) is 14.6. The van der Waals surface area contributed by atoms with Crippen LogP contribution in [0.15, 0.2) is 18.7 Å². The van der Waals surface area contributed by atoms with Gasteiger partial charge in [0.05, 0.1) is 18.5 Å². The third-order valence-corrected chi connectivity index (χ3v) is 4.98. The Hall–Kier alpha value is -0.890. The average molecular weight is 282 g/mol. The highest BCUT2D eigenvalue weighted by Crippen LogP contribution is 2.60. The Morgan fingerprint density at radius 3 is 1.89 bits per heavy atom. The molecule has 0 atom stereocenters. The molecule has 0 saturated carbocycles. The van der Waals surface area contributed by atoms with Gasteiger partial charge in [-0.1, -0.05) is 24.3 Å². The van der Waals surface area contributed by atoms with Crippen LogP contribution in [-0.2, 0) is 13.6 Å². The monoisotopic (exact) mass is 282 g/mol. The van der Waals surface area contributed by atoms with E-state index in [0.717, 1.165) is 16.7 Å². The van der Waals surface area contributed by atoms with Crippen molar-refractivity contribution < 1.29 is 13.6 Å². The molecule has 3 nitrogen and oxygen atoms in total. The van der Waals surface area contributed by atoms with Crippen molar-refractivity contribution in [3.8, 4) is 0 Å². The van der Waals surface area contributed by atoms with E-state index in [2.05, 4.69) is 18.7 Å². The molecule has 106 valence electrons. The quantitative estimate of drug-likeness (QED) is 0.700. The van der Waals surface area contributed by atoms with Crippen LogP contribution in [-0.4, -0.2) is 13.2 Å². The molecule has 0 aromatic heterocycles. The van der Waals surface area contributed by atoms with E-state index >= 15 is 0 Å². The largest absolute Gasteiger partial charge is 0.361 e. The molecular weight excluding hydrogens is 259 g/mol. The summed E-state index contributed by atoms with van der Waals surface area (Å²) in [6.45, 7) is 14.3. The van der Waals surface area contributed by atoms with Gasteiger partial charge in [0.1, 0.15) is 0 Å². The molecular formula is C15H23O3P. The van der Waals surface area contributed by atoms with Crippen molar-refractivity contribution in [2.75, 3.05) is 13.2 Å². The lowest BCUT2D eigenvalue weighted by Gasteiger charge is -2.22. The fourth-order valence-electron chi connectivity index (χ4n) is 2.31. The van der Waals surface area contributed by atoms with Gasteiger partial charge in [0.2, 0.25) is 0 Å². The fraction of sp³-hybridized carbons (Fsp3) is 0.467. The summed E-state index contributed by atoms with van der Waals surface area (Å²) in [5, 5.41) is 0.450. The van der Waals surface area contributed by atoms with Crippen LogP contribution in [0.25, 0.3) is 5.31 Å². The molecule has 0 aliphatic heterocycles. The molecule has 0 N–H and O–H groups in total. The molecule has 0 amide bonds. The summed E-state index contributed by atoms with van der Waals surface area (Å²) in [6, 6.07) is 4.10. The Morgan fingerprint density at radius 2 is 1.53 bits per heavy atom. The SMILES string of the molecule is C=C(c1c(C)cc(C)cc1C)P(=O)(OCC)OCC. The van der Waals surface area contributed by atoms with Crippen molar-refractivity contribution in [3.05, 3.63) is 41.0 Å². The molecule has 0 radical (unpaired) electrons. The van der Waals surface area contributed by atoms with E-state index in [1.807, 2.05) is 20.8 Å². The highest BCUT2D eigenvalue weighted by atomic mass is 31.2. The molecule has 0 unspecified atom stereocenters. The van der Waals surface area contributed by atoms with Gasteiger partial charge in [-0.15, -0.1) is 0 Å². The summed E-state index contributed by atoms with van der Waals surface area (Å²) in [5.41, 5.74) is 4.15. The summed E-state index contributed by atoms with van der Waals surface area (Å²) in [4.78, 5) is 0. The second kappa shape index (κ2) is 6.51. The lowest BCUT2D eigenvalue weighted by Crippen LogP contribution is -2.01. The van der Waals surface area contributed by atoms with Crippen LogP contribution >= 0.6 is 7.60 Å². The summed E-state index contributed by atoms with van der Waals surface area (Å²) >= 11 is 0. The van der Waals surface area contributed by atoms with Crippen molar-refractivity contribution in [1.29, 1.82) is 0 Å². The second-order valence-corrected chi connectivity index (χ2v) is 6.60. The minimum Gasteiger partial charge on any atom is -0.305 e. The Labute approximate surface area is 116 Å². The molecule has 1 rings (SSSR count). The number of aryl methyl sites for hydroxylation is 3. The van der Waals surface area contributed by atoms with Gasteiger partial charge in [-0.3, -0.25) is 4.57 Å². The molecule has 0 saturated heterocycles. The smallest absolute Gasteiger partial charge is 0.305 e. The van der Waals surface area contributed by atoms with E-state index < -0.39 is 7.60 Å². The van der Waals surface area contributed by atoms with Gasteiger partial charge in [-0.05, 0) is 51.3 Å². The predicted octanol–water partition coefficient (Wildman–Crippen LogP) is 4.85. The van der Waals surface area contributed by atoms with Crippen LogP contribution in [0.4, 0.5) is 0 Å². The van der Waals surface area contributed by atoms with E-state index in [-0.39, 0.29) is 0 Å². The molecule has 1 aromatic rings. The molecule has 0 heterocycles. The fourth-order valence-corrected chi connectivity index (χ4v) is 4.00. The van der Waals surface area contributed by atoms with Crippen LogP contribution in [0.1, 0.15) is 36.1 Å². The van der Waals surface area contributed by atoms with Crippen molar-refractivity contribution in [2.24, 2.45) is 0 Å². The first kappa shape index (κ1) is 16.2. The number of rotatable bonds is 6. The zero-order valence-electron chi connectivity index (χ0n) is 12.4. The molecule has 1 aromatic carbocycles. The average Bonchev–Trinajstić information content (AvgIpc) is 2.27. The molecule has 19 heavy (non-hydrogen) atoms. The Balaban J connectivity index is 3.28. The Morgan fingerprint density at radius 1 is 1.11 bits per heavy atom. The molecule has 0 bridgehead atoms. The van der Waals surface area contributed by atoms with Crippen molar-refractivity contribution in [2.45, 2.75) is 34.6 Å². The van der Waals surface area contributed by atoms with Crippen LogP contribution < -0.4 is 0 Å². The molecule has 0 aliphatic rings. The molecule has 4 heteroatoms. The van der Waals surface area contributed by atoms with Crippen LogP contribution in [0.5, 0.6) is 0 Å². The minimum atomic E-state index is -3.30. The van der Waals surface area contributed by atoms with Gasteiger partial charge in [-0.2, -0.15) is 0 Å². The van der Waals surface area contributed by atoms with Crippen LogP contribution in [0.2, 0.25) is 0 Å². The number of hydrogen-bond acceptors (Lipinski definition) is 3. The van der Waals surface area contributed by atoms with E-state index in [1.165, 1.54) is 5.56 Å². The van der Waals surface area contributed by atoms with Crippen molar-refractivity contribution in [1.82, 2.24) is 0 Å². The summed E-state index contributed by atoms with van der Waals surface area (Å²) in [7, 11) is -3.30. The maximum Gasteiger partial charge on any atom is 0.361 e. The number of hydrogen-bond donors (Lipinski definition) is 0. The van der Waals surface area contributed by atoms with E-state index in [1.54, 1.807) is 13.8 Å². The van der Waals surface area contributed by atoms with Gasteiger partial charge in [0.25, 0.3) is 0 Å². The van der Waals surface area contributed by atoms with Crippen LogP contribution in [0, 0.1) is 20.8 Å². The second-order valence-electron chi connectivity index (χ2n) is 4.55. The zero-order valence-corrected chi connectivity index (χ0v) is 13.3. The lowest BCUT2D eigenvalue weighted by atomic mass is 10.00. The van der Waals surface area contributed by atoms with E-state index in [0.29, 0.717) is 18.5 Å². The third-order valence-electron chi connectivity index (χ3n) is 2.89. The van der Waals surface area contributed by atoms with Gasteiger partial charge < -0.3 is 9.05 Å². The number of benzene rings is 1. The maximum atomic E-state index is 12.8. The topological polar surface area (TPSA) is 35.5 Å². The predicted molar refractivity (Wildman–Crippen MR) is 80.5 cm³/mol. The Kier molecular flexibility index (Phi) is 5.54. The van der Waals surface area contributed by atoms with Gasteiger partial charge >= 0.3 is 7.60 Å². The highest BCUT2D eigenvalue weighted by Gasteiger charge is 2.30. The highest BCUT2D eigenvalue weighted by molar-refractivity contribution is 7.65. The van der Waals surface area contributed by atoms with Gasteiger partial charge in [0, 0.05) is 0 Å². The van der Waals surface area contributed by atoms with Crippen molar-refractivity contribution >= 4 is 12.9 Å².